The lowest BCUT2D eigenvalue weighted by molar-refractivity contribution is -0.161. The van der Waals surface area contributed by atoms with Crippen molar-refractivity contribution in [2.45, 2.75) is 52.7 Å². The Hall–Kier alpha value is -1.10. The molecule has 1 amide bonds. The third-order valence-corrected chi connectivity index (χ3v) is 1.87. The van der Waals surface area contributed by atoms with E-state index in [2.05, 4.69) is 5.32 Å². The van der Waals surface area contributed by atoms with Gasteiger partial charge in [0.1, 0.15) is 11.5 Å². The molecule has 1 unspecified atom stereocenters. The van der Waals surface area contributed by atoms with Crippen molar-refractivity contribution in [3.05, 3.63) is 0 Å². The molecule has 0 aromatic rings. The minimum absolute atomic E-state index is 0.185. The Balaban J connectivity index is 4.54. The van der Waals surface area contributed by atoms with E-state index in [0.29, 0.717) is 0 Å². The SMILES string of the molecule is CC(C)(C)NCC(C(N)=O)C(=O)OC(C)(C)C. The molecule has 100 valence electrons. The van der Waals surface area contributed by atoms with Crippen molar-refractivity contribution in [3.8, 4) is 0 Å². The Morgan fingerprint density at radius 1 is 1.18 bits per heavy atom. The lowest BCUT2D eigenvalue weighted by atomic mass is 10.0. The first-order valence-electron chi connectivity index (χ1n) is 5.69. The summed E-state index contributed by atoms with van der Waals surface area (Å²) in [4.78, 5) is 23.0. The topological polar surface area (TPSA) is 81.4 Å². The third kappa shape index (κ3) is 7.74. The smallest absolute Gasteiger partial charge is 0.320 e. The number of carbonyl (C=O) groups is 2. The Morgan fingerprint density at radius 2 is 1.65 bits per heavy atom. The van der Waals surface area contributed by atoms with Crippen molar-refractivity contribution in [1.29, 1.82) is 0 Å². The lowest BCUT2D eigenvalue weighted by Gasteiger charge is -2.26. The van der Waals surface area contributed by atoms with Crippen LogP contribution in [0.3, 0.4) is 0 Å². The van der Waals surface area contributed by atoms with E-state index in [0.717, 1.165) is 0 Å². The molecule has 0 radical (unpaired) electrons. The van der Waals surface area contributed by atoms with Gasteiger partial charge in [0, 0.05) is 12.1 Å². The Labute approximate surface area is 103 Å². The third-order valence-electron chi connectivity index (χ3n) is 1.87. The van der Waals surface area contributed by atoms with Crippen LogP contribution in [0.2, 0.25) is 0 Å². The molecule has 0 aliphatic rings. The number of hydrogen-bond donors (Lipinski definition) is 2. The largest absolute Gasteiger partial charge is 0.459 e. The van der Waals surface area contributed by atoms with Crippen LogP contribution >= 0.6 is 0 Å². The molecule has 0 bridgehead atoms. The summed E-state index contributed by atoms with van der Waals surface area (Å²) in [5.74, 6) is -2.20. The van der Waals surface area contributed by atoms with Gasteiger partial charge >= 0.3 is 5.97 Å². The maximum Gasteiger partial charge on any atom is 0.320 e. The number of nitrogens with one attached hydrogen (secondary N) is 1. The molecule has 0 saturated carbocycles. The fourth-order valence-corrected chi connectivity index (χ4v) is 1.08. The van der Waals surface area contributed by atoms with E-state index in [-0.39, 0.29) is 12.1 Å². The van der Waals surface area contributed by atoms with Crippen LogP contribution < -0.4 is 11.1 Å². The van der Waals surface area contributed by atoms with E-state index in [1.165, 1.54) is 0 Å². The molecular weight excluding hydrogens is 220 g/mol. The van der Waals surface area contributed by atoms with Crippen LogP contribution in [0.15, 0.2) is 0 Å². The molecule has 0 heterocycles. The van der Waals surface area contributed by atoms with Gasteiger partial charge in [0.25, 0.3) is 0 Å². The molecule has 0 aromatic carbocycles. The predicted octanol–water partition coefficient (Wildman–Crippen LogP) is 0.818. The van der Waals surface area contributed by atoms with E-state index >= 15 is 0 Å². The van der Waals surface area contributed by atoms with Crippen LogP contribution in [0.25, 0.3) is 0 Å². The Kier molecular flexibility index (Phi) is 5.13. The highest BCUT2D eigenvalue weighted by Crippen LogP contribution is 2.11. The zero-order valence-electron chi connectivity index (χ0n) is 11.6. The molecule has 0 aromatic heterocycles. The number of amides is 1. The summed E-state index contributed by atoms with van der Waals surface area (Å²) in [7, 11) is 0. The lowest BCUT2D eigenvalue weighted by Crippen LogP contribution is -2.46. The highest BCUT2D eigenvalue weighted by Gasteiger charge is 2.30. The van der Waals surface area contributed by atoms with E-state index in [9.17, 15) is 9.59 Å². The van der Waals surface area contributed by atoms with E-state index < -0.39 is 23.4 Å². The number of primary amides is 1. The van der Waals surface area contributed by atoms with E-state index in [4.69, 9.17) is 10.5 Å². The minimum atomic E-state index is -0.951. The first-order valence-corrected chi connectivity index (χ1v) is 5.69. The molecule has 17 heavy (non-hydrogen) atoms. The molecule has 5 heteroatoms. The van der Waals surface area contributed by atoms with E-state index in [1.807, 2.05) is 20.8 Å². The Morgan fingerprint density at radius 3 is 1.94 bits per heavy atom. The van der Waals surface area contributed by atoms with Crippen LogP contribution in [0.5, 0.6) is 0 Å². The number of ether oxygens (including phenoxy) is 1. The van der Waals surface area contributed by atoms with Crippen molar-refractivity contribution in [2.24, 2.45) is 11.7 Å². The van der Waals surface area contributed by atoms with Crippen molar-refractivity contribution in [3.63, 3.8) is 0 Å². The van der Waals surface area contributed by atoms with E-state index in [1.54, 1.807) is 20.8 Å². The van der Waals surface area contributed by atoms with Gasteiger partial charge in [-0.25, -0.2) is 0 Å². The van der Waals surface area contributed by atoms with Crippen LogP contribution in [-0.2, 0) is 14.3 Å². The standard InChI is InChI=1S/C12H24N2O3/c1-11(2,3)14-7-8(9(13)15)10(16)17-12(4,5)6/h8,14H,7H2,1-6H3,(H2,13,15). The van der Waals surface area contributed by atoms with Gasteiger partial charge in [0.05, 0.1) is 0 Å². The number of carbonyl (C=O) groups excluding carboxylic acids is 2. The summed E-state index contributed by atoms with van der Waals surface area (Å²) in [5, 5.41) is 3.07. The number of esters is 1. The quantitative estimate of drug-likeness (QED) is 0.566. The zero-order valence-corrected chi connectivity index (χ0v) is 11.6. The van der Waals surface area contributed by atoms with Crippen LogP contribution in [0.1, 0.15) is 41.5 Å². The molecule has 0 fully saturated rings. The summed E-state index contributed by atoms with van der Waals surface area (Å²) in [5.41, 5.74) is 4.40. The monoisotopic (exact) mass is 244 g/mol. The van der Waals surface area contributed by atoms with Crippen molar-refractivity contribution in [2.75, 3.05) is 6.54 Å². The van der Waals surface area contributed by atoms with Gasteiger partial charge in [-0.1, -0.05) is 0 Å². The highest BCUT2D eigenvalue weighted by molar-refractivity contribution is 5.97. The summed E-state index contributed by atoms with van der Waals surface area (Å²) < 4.78 is 5.15. The van der Waals surface area contributed by atoms with Gasteiger partial charge < -0.3 is 15.8 Å². The fraction of sp³-hybridized carbons (Fsp3) is 0.833. The average Bonchev–Trinajstić information content (AvgIpc) is 1.96. The van der Waals surface area contributed by atoms with Gasteiger partial charge in [0.2, 0.25) is 5.91 Å². The maximum atomic E-state index is 11.8. The number of hydrogen-bond acceptors (Lipinski definition) is 4. The predicted molar refractivity (Wildman–Crippen MR) is 66.3 cm³/mol. The first kappa shape index (κ1) is 15.9. The molecule has 3 N–H and O–H groups in total. The number of rotatable bonds is 4. The fourth-order valence-electron chi connectivity index (χ4n) is 1.08. The molecular formula is C12H24N2O3. The average molecular weight is 244 g/mol. The summed E-state index contributed by atoms with van der Waals surface area (Å²) in [6.07, 6.45) is 0. The molecule has 0 aliphatic heterocycles. The second-order valence-electron chi connectivity index (χ2n) is 6.12. The summed E-state index contributed by atoms with van der Waals surface area (Å²) in [6, 6.07) is 0. The second-order valence-corrected chi connectivity index (χ2v) is 6.12. The summed E-state index contributed by atoms with van der Waals surface area (Å²) in [6.45, 7) is 11.3. The highest BCUT2D eigenvalue weighted by atomic mass is 16.6. The maximum absolute atomic E-state index is 11.8. The normalized spacial score (nSPS) is 14.2. The zero-order chi connectivity index (χ0) is 13.9. The van der Waals surface area contributed by atoms with Crippen molar-refractivity contribution < 1.29 is 14.3 Å². The van der Waals surface area contributed by atoms with Gasteiger partial charge in [-0.15, -0.1) is 0 Å². The molecule has 1 atom stereocenters. The number of nitrogens with two attached hydrogens (primary N) is 1. The van der Waals surface area contributed by atoms with Crippen LogP contribution in [-0.4, -0.2) is 29.6 Å². The van der Waals surface area contributed by atoms with Gasteiger partial charge in [-0.2, -0.15) is 0 Å². The van der Waals surface area contributed by atoms with Gasteiger partial charge in [0.15, 0.2) is 0 Å². The van der Waals surface area contributed by atoms with Crippen LogP contribution in [0.4, 0.5) is 0 Å². The van der Waals surface area contributed by atoms with Gasteiger partial charge in [-0.3, -0.25) is 9.59 Å². The van der Waals surface area contributed by atoms with Crippen molar-refractivity contribution in [1.82, 2.24) is 5.32 Å². The molecule has 0 spiro atoms. The van der Waals surface area contributed by atoms with Crippen LogP contribution in [0, 0.1) is 5.92 Å². The first-order chi connectivity index (χ1) is 7.42. The Bertz CT molecular complexity index is 287. The summed E-state index contributed by atoms with van der Waals surface area (Å²) >= 11 is 0. The molecule has 0 saturated heterocycles. The molecule has 5 nitrogen and oxygen atoms in total. The molecule has 0 aliphatic carbocycles. The molecule has 0 rings (SSSR count). The van der Waals surface area contributed by atoms with Crippen molar-refractivity contribution >= 4 is 11.9 Å². The minimum Gasteiger partial charge on any atom is -0.459 e. The van der Waals surface area contributed by atoms with Gasteiger partial charge in [-0.05, 0) is 41.5 Å². The second kappa shape index (κ2) is 5.49.